The standard InChI is InChI=1S/C27H29N3O4/c1-18-9-6-7-10-21(18)25-23(19-12-14-20(32-2)15-13-19)24-26(29-17-30-27(24)34-25)28-16-8-4-5-11-22(31)33-3/h6-7,9-10,12-15,17H,4-5,8,11,16H2,1-3H3,(H,28,29,30). The van der Waals surface area contributed by atoms with Crippen molar-refractivity contribution >= 4 is 22.9 Å². The Balaban J connectivity index is 1.69. The van der Waals surface area contributed by atoms with Gasteiger partial charge in [-0.15, -0.1) is 0 Å². The van der Waals surface area contributed by atoms with Crippen molar-refractivity contribution in [2.75, 3.05) is 26.1 Å². The molecule has 0 saturated carbocycles. The van der Waals surface area contributed by atoms with Gasteiger partial charge in [-0.1, -0.05) is 42.8 Å². The summed E-state index contributed by atoms with van der Waals surface area (Å²) < 4.78 is 16.4. The van der Waals surface area contributed by atoms with Crippen molar-refractivity contribution in [1.29, 1.82) is 0 Å². The number of fused-ring (bicyclic) bond motifs is 1. The van der Waals surface area contributed by atoms with Crippen molar-refractivity contribution in [1.82, 2.24) is 9.97 Å². The normalized spacial score (nSPS) is 10.9. The van der Waals surface area contributed by atoms with Gasteiger partial charge in [0, 0.05) is 24.1 Å². The summed E-state index contributed by atoms with van der Waals surface area (Å²) in [6.45, 7) is 2.79. The highest BCUT2D eigenvalue weighted by atomic mass is 16.5. The third-order valence-corrected chi connectivity index (χ3v) is 5.83. The molecule has 2 aromatic carbocycles. The number of methoxy groups -OCH3 is 2. The smallest absolute Gasteiger partial charge is 0.305 e. The van der Waals surface area contributed by atoms with E-state index in [2.05, 4.69) is 34.3 Å². The number of unbranched alkanes of at least 4 members (excludes halogenated alkanes) is 2. The zero-order valence-corrected chi connectivity index (χ0v) is 19.8. The zero-order chi connectivity index (χ0) is 23.9. The largest absolute Gasteiger partial charge is 0.497 e. The topological polar surface area (TPSA) is 86.5 Å². The van der Waals surface area contributed by atoms with Gasteiger partial charge in [-0.25, -0.2) is 9.97 Å². The highest BCUT2D eigenvalue weighted by Gasteiger charge is 2.23. The van der Waals surface area contributed by atoms with E-state index in [1.807, 2.05) is 36.4 Å². The Morgan fingerprint density at radius 2 is 1.79 bits per heavy atom. The molecule has 1 N–H and O–H groups in total. The maximum Gasteiger partial charge on any atom is 0.305 e. The molecule has 0 aliphatic heterocycles. The Labute approximate surface area is 199 Å². The summed E-state index contributed by atoms with van der Waals surface area (Å²) in [4.78, 5) is 20.3. The van der Waals surface area contributed by atoms with E-state index in [0.29, 0.717) is 12.1 Å². The summed E-state index contributed by atoms with van der Waals surface area (Å²) in [7, 11) is 3.07. The Kier molecular flexibility index (Phi) is 7.42. The van der Waals surface area contributed by atoms with Crippen molar-refractivity contribution in [2.24, 2.45) is 0 Å². The number of nitrogens with zero attached hydrogens (tertiary/aromatic N) is 2. The van der Waals surface area contributed by atoms with Crippen LogP contribution in [0, 0.1) is 6.92 Å². The Morgan fingerprint density at radius 3 is 2.53 bits per heavy atom. The number of ether oxygens (including phenoxy) is 2. The SMILES string of the molecule is COC(=O)CCCCCNc1ncnc2oc(-c3ccccc3C)c(-c3ccc(OC)cc3)c12. The van der Waals surface area contributed by atoms with Crippen molar-refractivity contribution in [3.05, 3.63) is 60.4 Å². The van der Waals surface area contributed by atoms with Crippen molar-refractivity contribution in [2.45, 2.75) is 32.6 Å². The van der Waals surface area contributed by atoms with Crippen LogP contribution >= 0.6 is 0 Å². The minimum absolute atomic E-state index is 0.170. The second kappa shape index (κ2) is 10.8. The van der Waals surface area contributed by atoms with E-state index >= 15 is 0 Å². The van der Waals surface area contributed by atoms with Crippen LogP contribution in [0.2, 0.25) is 0 Å². The predicted molar refractivity (Wildman–Crippen MR) is 133 cm³/mol. The first kappa shape index (κ1) is 23.3. The van der Waals surface area contributed by atoms with Gasteiger partial charge in [-0.2, -0.15) is 0 Å². The molecule has 0 spiro atoms. The molecule has 4 aromatic rings. The molecule has 2 aromatic heterocycles. The number of esters is 1. The maximum atomic E-state index is 11.3. The van der Waals surface area contributed by atoms with Crippen molar-refractivity contribution in [3.63, 3.8) is 0 Å². The molecule has 0 fully saturated rings. The molecule has 176 valence electrons. The van der Waals surface area contributed by atoms with Gasteiger partial charge in [0.15, 0.2) is 0 Å². The molecule has 0 unspecified atom stereocenters. The summed E-state index contributed by atoms with van der Waals surface area (Å²) in [5, 5.41) is 4.30. The van der Waals surface area contributed by atoms with Crippen LogP contribution in [0.4, 0.5) is 5.82 Å². The first-order valence-electron chi connectivity index (χ1n) is 11.4. The van der Waals surface area contributed by atoms with Gasteiger partial charge in [-0.3, -0.25) is 4.79 Å². The van der Waals surface area contributed by atoms with E-state index in [-0.39, 0.29) is 5.97 Å². The number of hydrogen-bond acceptors (Lipinski definition) is 7. The van der Waals surface area contributed by atoms with Crippen molar-refractivity contribution in [3.8, 4) is 28.2 Å². The average Bonchev–Trinajstić information content (AvgIpc) is 3.26. The van der Waals surface area contributed by atoms with E-state index in [1.54, 1.807) is 7.11 Å². The lowest BCUT2D eigenvalue weighted by Crippen LogP contribution is -2.05. The minimum Gasteiger partial charge on any atom is -0.497 e. The van der Waals surface area contributed by atoms with Crippen LogP contribution < -0.4 is 10.1 Å². The van der Waals surface area contributed by atoms with Gasteiger partial charge < -0.3 is 19.2 Å². The highest BCUT2D eigenvalue weighted by molar-refractivity contribution is 6.06. The number of aromatic nitrogens is 2. The predicted octanol–water partition coefficient (Wildman–Crippen LogP) is 6.02. The zero-order valence-electron chi connectivity index (χ0n) is 19.8. The monoisotopic (exact) mass is 459 g/mol. The number of carbonyl (C=O) groups is 1. The van der Waals surface area contributed by atoms with E-state index < -0.39 is 0 Å². The summed E-state index contributed by atoms with van der Waals surface area (Å²) >= 11 is 0. The summed E-state index contributed by atoms with van der Waals surface area (Å²) in [6, 6.07) is 16.1. The highest BCUT2D eigenvalue weighted by Crippen LogP contribution is 2.43. The fraction of sp³-hybridized carbons (Fsp3) is 0.296. The molecule has 0 saturated heterocycles. The second-order valence-electron chi connectivity index (χ2n) is 8.07. The molecule has 7 nitrogen and oxygen atoms in total. The van der Waals surface area contributed by atoms with Crippen LogP contribution in [0.25, 0.3) is 33.6 Å². The van der Waals surface area contributed by atoms with Crippen LogP contribution in [0.5, 0.6) is 5.75 Å². The molecule has 0 radical (unpaired) electrons. The third-order valence-electron chi connectivity index (χ3n) is 5.83. The van der Waals surface area contributed by atoms with Crippen LogP contribution in [0.3, 0.4) is 0 Å². The summed E-state index contributed by atoms with van der Waals surface area (Å²) in [6.07, 6.45) is 4.58. The molecular weight excluding hydrogens is 430 g/mol. The van der Waals surface area contributed by atoms with Gasteiger partial charge in [0.05, 0.1) is 19.6 Å². The fourth-order valence-electron chi connectivity index (χ4n) is 4.00. The Hall–Kier alpha value is -3.87. The Morgan fingerprint density at radius 1 is 1.00 bits per heavy atom. The molecule has 0 atom stereocenters. The lowest BCUT2D eigenvalue weighted by atomic mass is 9.97. The second-order valence-corrected chi connectivity index (χ2v) is 8.07. The van der Waals surface area contributed by atoms with Gasteiger partial charge in [-0.05, 0) is 43.0 Å². The number of nitrogens with one attached hydrogen (secondary N) is 1. The molecule has 0 amide bonds. The molecule has 4 rings (SSSR count). The number of benzene rings is 2. The molecule has 0 aliphatic rings. The molecule has 7 heteroatoms. The van der Waals surface area contributed by atoms with Crippen LogP contribution in [-0.2, 0) is 9.53 Å². The fourth-order valence-corrected chi connectivity index (χ4v) is 4.00. The van der Waals surface area contributed by atoms with Gasteiger partial charge in [0.25, 0.3) is 0 Å². The van der Waals surface area contributed by atoms with Crippen LogP contribution in [0.1, 0.15) is 31.2 Å². The van der Waals surface area contributed by atoms with E-state index in [1.165, 1.54) is 13.4 Å². The molecule has 0 aliphatic carbocycles. The summed E-state index contributed by atoms with van der Waals surface area (Å²) in [5.74, 6) is 2.11. The number of anilines is 1. The quantitative estimate of drug-likeness (QED) is 0.229. The van der Waals surface area contributed by atoms with E-state index in [4.69, 9.17) is 13.9 Å². The van der Waals surface area contributed by atoms with Gasteiger partial charge in [0.2, 0.25) is 5.71 Å². The van der Waals surface area contributed by atoms with Crippen molar-refractivity contribution < 1.29 is 18.7 Å². The summed E-state index contributed by atoms with van der Waals surface area (Å²) in [5.41, 5.74) is 4.60. The number of carbonyl (C=O) groups excluding carboxylic acids is 1. The maximum absolute atomic E-state index is 11.3. The Bertz CT molecular complexity index is 1260. The first-order valence-corrected chi connectivity index (χ1v) is 11.4. The average molecular weight is 460 g/mol. The lowest BCUT2D eigenvalue weighted by Gasteiger charge is -2.10. The third kappa shape index (κ3) is 5.03. The number of furan rings is 1. The molecule has 2 heterocycles. The van der Waals surface area contributed by atoms with Crippen LogP contribution in [-0.4, -0.2) is 36.7 Å². The molecule has 0 bridgehead atoms. The number of rotatable bonds is 10. The van der Waals surface area contributed by atoms with Gasteiger partial charge in [0.1, 0.15) is 23.7 Å². The minimum atomic E-state index is -0.170. The van der Waals surface area contributed by atoms with E-state index in [0.717, 1.165) is 70.8 Å². The molecule has 34 heavy (non-hydrogen) atoms. The van der Waals surface area contributed by atoms with Crippen LogP contribution in [0.15, 0.2) is 59.3 Å². The van der Waals surface area contributed by atoms with E-state index in [9.17, 15) is 4.79 Å². The number of hydrogen-bond donors (Lipinski definition) is 1. The van der Waals surface area contributed by atoms with Gasteiger partial charge >= 0.3 is 5.97 Å². The first-order chi connectivity index (χ1) is 16.6. The number of aryl methyl sites for hydroxylation is 1. The molecular formula is C27H29N3O4. The lowest BCUT2D eigenvalue weighted by molar-refractivity contribution is -0.140.